The van der Waals surface area contributed by atoms with Crippen LogP contribution >= 0.6 is 15.9 Å². The summed E-state index contributed by atoms with van der Waals surface area (Å²) >= 11 is 3.62. The van der Waals surface area contributed by atoms with E-state index in [2.05, 4.69) is 44.9 Å². The molecule has 1 aromatic heterocycles. The number of hydrogen-bond donors (Lipinski definition) is 1. The van der Waals surface area contributed by atoms with Crippen molar-refractivity contribution in [2.45, 2.75) is 6.92 Å². The van der Waals surface area contributed by atoms with Gasteiger partial charge in [0.05, 0.1) is 5.52 Å². The standard InChI is InChI=1S/C15H19BrN4/c1-10-12(17)9-13-11(15(10)16)3-4-14(18-13)20-7-5-19(2)6-8-20/h3-4,9H,5-8,17H2,1-2H3. The lowest BCUT2D eigenvalue weighted by Gasteiger charge is -2.33. The molecule has 1 saturated heterocycles. The monoisotopic (exact) mass is 334 g/mol. The van der Waals surface area contributed by atoms with Crippen molar-refractivity contribution in [2.75, 3.05) is 43.9 Å². The first kappa shape index (κ1) is 13.6. The fraction of sp³-hybridized carbons (Fsp3) is 0.400. The lowest BCUT2D eigenvalue weighted by Crippen LogP contribution is -2.44. The van der Waals surface area contributed by atoms with Crippen LogP contribution in [-0.2, 0) is 0 Å². The van der Waals surface area contributed by atoms with Crippen LogP contribution in [0, 0.1) is 6.92 Å². The highest BCUT2D eigenvalue weighted by Gasteiger charge is 2.16. The third-order valence-electron chi connectivity index (χ3n) is 4.03. The molecule has 0 amide bonds. The molecule has 5 heteroatoms. The second-order valence-corrected chi connectivity index (χ2v) is 6.22. The number of rotatable bonds is 1. The number of pyridine rings is 1. The zero-order valence-corrected chi connectivity index (χ0v) is 13.4. The van der Waals surface area contributed by atoms with Crippen molar-refractivity contribution in [2.24, 2.45) is 0 Å². The van der Waals surface area contributed by atoms with Gasteiger partial charge in [0.15, 0.2) is 0 Å². The topological polar surface area (TPSA) is 45.4 Å². The van der Waals surface area contributed by atoms with Crippen LogP contribution in [0.15, 0.2) is 22.7 Å². The van der Waals surface area contributed by atoms with E-state index in [0.29, 0.717) is 0 Å². The first-order chi connectivity index (χ1) is 9.56. The summed E-state index contributed by atoms with van der Waals surface area (Å²) in [6, 6.07) is 6.20. The van der Waals surface area contributed by atoms with Gasteiger partial charge < -0.3 is 15.5 Å². The van der Waals surface area contributed by atoms with Crippen molar-refractivity contribution in [1.29, 1.82) is 0 Å². The number of fused-ring (bicyclic) bond motifs is 1. The first-order valence-corrected chi connectivity index (χ1v) is 7.64. The Morgan fingerprint density at radius 3 is 2.60 bits per heavy atom. The van der Waals surface area contributed by atoms with Gasteiger partial charge in [0, 0.05) is 41.7 Å². The maximum absolute atomic E-state index is 6.04. The van der Waals surface area contributed by atoms with Crippen LogP contribution in [0.4, 0.5) is 11.5 Å². The van der Waals surface area contributed by atoms with E-state index < -0.39 is 0 Å². The highest BCUT2D eigenvalue weighted by Crippen LogP contribution is 2.32. The molecule has 0 bridgehead atoms. The van der Waals surface area contributed by atoms with Gasteiger partial charge in [0.2, 0.25) is 0 Å². The van der Waals surface area contributed by atoms with Crippen molar-refractivity contribution < 1.29 is 0 Å². The summed E-state index contributed by atoms with van der Waals surface area (Å²) in [5.74, 6) is 1.04. The van der Waals surface area contributed by atoms with Crippen LogP contribution in [0.5, 0.6) is 0 Å². The molecule has 2 N–H and O–H groups in total. The van der Waals surface area contributed by atoms with Crippen LogP contribution in [0.2, 0.25) is 0 Å². The predicted molar refractivity (Wildman–Crippen MR) is 88.3 cm³/mol. The molecule has 0 aliphatic carbocycles. The quantitative estimate of drug-likeness (QED) is 0.814. The van der Waals surface area contributed by atoms with Gasteiger partial charge in [-0.2, -0.15) is 0 Å². The molecule has 1 fully saturated rings. The maximum Gasteiger partial charge on any atom is 0.129 e. The molecular formula is C15H19BrN4. The van der Waals surface area contributed by atoms with E-state index in [9.17, 15) is 0 Å². The molecule has 0 spiro atoms. The zero-order chi connectivity index (χ0) is 14.3. The van der Waals surface area contributed by atoms with Crippen molar-refractivity contribution in [3.8, 4) is 0 Å². The minimum Gasteiger partial charge on any atom is -0.398 e. The highest BCUT2D eigenvalue weighted by molar-refractivity contribution is 9.10. The van der Waals surface area contributed by atoms with Gasteiger partial charge in [-0.1, -0.05) is 0 Å². The van der Waals surface area contributed by atoms with Crippen molar-refractivity contribution in [3.05, 3.63) is 28.2 Å². The van der Waals surface area contributed by atoms with Crippen LogP contribution in [0.1, 0.15) is 5.56 Å². The third kappa shape index (κ3) is 2.36. The molecule has 2 aromatic rings. The maximum atomic E-state index is 6.04. The fourth-order valence-corrected chi connectivity index (χ4v) is 3.12. The Bertz CT molecular complexity index is 648. The van der Waals surface area contributed by atoms with Crippen LogP contribution in [0.25, 0.3) is 10.9 Å². The average molecular weight is 335 g/mol. The second kappa shape index (κ2) is 5.22. The summed E-state index contributed by atoms with van der Waals surface area (Å²) in [5, 5.41) is 1.12. The van der Waals surface area contributed by atoms with Gasteiger partial charge in [0.25, 0.3) is 0 Å². The van der Waals surface area contributed by atoms with Gasteiger partial charge in [-0.3, -0.25) is 0 Å². The number of nitrogens with zero attached hydrogens (tertiary/aromatic N) is 3. The SMILES string of the molecule is Cc1c(N)cc2nc(N3CCN(C)CC3)ccc2c1Br. The number of aromatic nitrogens is 1. The molecule has 0 atom stereocenters. The van der Waals surface area contributed by atoms with E-state index in [1.54, 1.807) is 0 Å². The molecule has 1 aliphatic rings. The zero-order valence-electron chi connectivity index (χ0n) is 11.9. The van der Waals surface area contributed by atoms with Gasteiger partial charge >= 0.3 is 0 Å². The van der Waals surface area contributed by atoms with Crippen molar-refractivity contribution in [3.63, 3.8) is 0 Å². The summed E-state index contributed by atoms with van der Waals surface area (Å²) in [6.07, 6.45) is 0. The van der Waals surface area contributed by atoms with E-state index in [4.69, 9.17) is 10.7 Å². The number of piperazine rings is 1. The largest absolute Gasteiger partial charge is 0.398 e. The number of halogens is 1. The second-order valence-electron chi connectivity index (χ2n) is 5.43. The number of anilines is 2. The van der Waals surface area contributed by atoms with E-state index in [0.717, 1.165) is 58.6 Å². The lowest BCUT2D eigenvalue weighted by atomic mass is 10.1. The minimum atomic E-state index is 0.785. The number of nitrogens with two attached hydrogens (primary N) is 1. The van der Waals surface area contributed by atoms with E-state index in [-0.39, 0.29) is 0 Å². The molecule has 1 aromatic carbocycles. The predicted octanol–water partition coefficient (Wildman–Crippen LogP) is 2.64. The van der Waals surface area contributed by atoms with Gasteiger partial charge in [0.1, 0.15) is 5.82 Å². The summed E-state index contributed by atoms with van der Waals surface area (Å²) < 4.78 is 1.05. The minimum absolute atomic E-state index is 0.785. The lowest BCUT2D eigenvalue weighted by molar-refractivity contribution is 0.312. The molecule has 4 nitrogen and oxygen atoms in total. The van der Waals surface area contributed by atoms with E-state index in [1.165, 1.54) is 0 Å². The fourth-order valence-electron chi connectivity index (χ4n) is 2.56. The molecule has 0 unspecified atom stereocenters. The Hall–Kier alpha value is -1.33. The summed E-state index contributed by atoms with van der Waals surface area (Å²) in [4.78, 5) is 9.46. The smallest absolute Gasteiger partial charge is 0.129 e. The molecule has 1 aliphatic heterocycles. The number of benzene rings is 1. The van der Waals surface area contributed by atoms with E-state index in [1.807, 2.05) is 13.0 Å². The van der Waals surface area contributed by atoms with Gasteiger partial charge in [-0.25, -0.2) is 4.98 Å². The number of nitrogen functional groups attached to an aromatic ring is 1. The molecule has 0 saturated carbocycles. The Morgan fingerprint density at radius 1 is 1.20 bits per heavy atom. The van der Waals surface area contributed by atoms with Crippen molar-refractivity contribution >= 4 is 38.3 Å². The molecule has 3 rings (SSSR count). The average Bonchev–Trinajstić information content (AvgIpc) is 2.45. The van der Waals surface area contributed by atoms with Crippen LogP contribution in [0.3, 0.4) is 0 Å². The Balaban J connectivity index is 2.01. The summed E-state index contributed by atoms with van der Waals surface area (Å²) in [7, 11) is 2.16. The molecule has 2 heterocycles. The third-order valence-corrected chi connectivity index (χ3v) is 5.05. The number of likely N-dealkylation sites (N-methyl/N-ethyl adjacent to an activating group) is 1. The molecule has 0 radical (unpaired) electrons. The molecule has 20 heavy (non-hydrogen) atoms. The Morgan fingerprint density at radius 2 is 1.90 bits per heavy atom. The highest BCUT2D eigenvalue weighted by atomic mass is 79.9. The van der Waals surface area contributed by atoms with E-state index >= 15 is 0 Å². The molecular weight excluding hydrogens is 316 g/mol. The molecule has 106 valence electrons. The summed E-state index contributed by atoms with van der Waals surface area (Å²) in [6.45, 7) is 6.24. The summed E-state index contributed by atoms with van der Waals surface area (Å²) in [5.41, 5.74) is 8.86. The van der Waals surface area contributed by atoms with Crippen LogP contribution in [-0.4, -0.2) is 43.1 Å². The Kier molecular flexibility index (Phi) is 3.56. The normalized spacial score (nSPS) is 16.9. The first-order valence-electron chi connectivity index (χ1n) is 6.85. The van der Waals surface area contributed by atoms with Crippen molar-refractivity contribution in [1.82, 2.24) is 9.88 Å². The van der Waals surface area contributed by atoms with Gasteiger partial charge in [-0.05, 0) is 53.7 Å². The Labute approximate surface area is 127 Å². The van der Waals surface area contributed by atoms with Gasteiger partial charge in [-0.15, -0.1) is 0 Å². The number of hydrogen-bond acceptors (Lipinski definition) is 4. The van der Waals surface area contributed by atoms with Crippen LogP contribution < -0.4 is 10.6 Å².